The fourth-order valence-corrected chi connectivity index (χ4v) is 4.22. The summed E-state index contributed by atoms with van der Waals surface area (Å²) in [5.74, 6) is -0.422. The van der Waals surface area contributed by atoms with Crippen LogP contribution in [0.3, 0.4) is 0 Å². The molecule has 1 saturated carbocycles. The Morgan fingerprint density at radius 2 is 2.19 bits per heavy atom. The Hall–Kier alpha value is -0.650. The Kier molecular flexibility index (Phi) is 5.63. The van der Waals surface area contributed by atoms with Crippen molar-refractivity contribution in [2.45, 2.75) is 50.1 Å². The zero-order valence-electron chi connectivity index (χ0n) is 13.8. The average Bonchev–Trinajstić information content (AvgIpc) is 3.04. The molecule has 1 saturated heterocycles. The first-order valence-electron chi connectivity index (χ1n) is 8.30. The lowest BCUT2D eigenvalue weighted by molar-refractivity contribution is -0.146. The fraction of sp³-hybridized carbons (Fsp3) is 0.938. The standard InChI is InChI=1S/C16H31N3O2/c1-17-16(15(20)21)9-4-6-13(16)8-11-18(2)12-14-7-5-10-19(14)3/h13-14,17H,4-12H2,1-3H3,(H,20,21). The molecule has 2 N–H and O–H groups in total. The molecule has 1 heterocycles. The van der Waals surface area contributed by atoms with Crippen LogP contribution in [0.2, 0.25) is 0 Å². The summed E-state index contributed by atoms with van der Waals surface area (Å²) in [6.45, 7) is 3.30. The second-order valence-corrected chi connectivity index (χ2v) is 6.94. The van der Waals surface area contributed by atoms with Gasteiger partial charge in [0.15, 0.2) is 0 Å². The molecule has 21 heavy (non-hydrogen) atoms. The number of rotatable bonds is 7. The molecule has 0 aromatic heterocycles. The van der Waals surface area contributed by atoms with Crippen molar-refractivity contribution in [3.8, 4) is 0 Å². The largest absolute Gasteiger partial charge is 0.480 e. The number of hydrogen-bond donors (Lipinski definition) is 2. The molecule has 1 aliphatic carbocycles. The number of hydrogen-bond acceptors (Lipinski definition) is 4. The van der Waals surface area contributed by atoms with Crippen LogP contribution < -0.4 is 5.32 Å². The molecule has 0 radical (unpaired) electrons. The van der Waals surface area contributed by atoms with Crippen LogP contribution in [0.5, 0.6) is 0 Å². The first-order valence-corrected chi connectivity index (χ1v) is 8.30. The van der Waals surface area contributed by atoms with Crippen LogP contribution >= 0.6 is 0 Å². The van der Waals surface area contributed by atoms with Crippen molar-refractivity contribution in [3.05, 3.63) is 0 Å². The van der Waals surface area contributed by atoms with Gasteiger partial charge in [-0.2, -0.15) is 0 Å². The van der Waals surface area contributed by atoms with Crippen LogP contribution in [0, 0.1) is 5.92 Å². The predicted octanol–water partition coefficient (Wildman–Crippen LogP) is 1.25. The zero-order chi connectivity index (χ0) is 15.5. The van der Waals surface area contributed by atoms with Crippen molar-refractivity contribution in [1.82, 2.24) is 15.1 Å². The number of nitrogens with one attached hydrogen (secondary N) is 1. The molecule has 3 unspecified atom stereocenters. The number of carboxylic acid groups (broad SMARTS) is 1. The summed E-state index contributed by atoms with van der Waals surface area (Å²) < 4.78 is 0. The van der Waals surface area contributed by atoms with Gasteiger partial charge in [0.2, 0.25) is 0 Å². The van der Waals surface area contributed by atoms with Crippen molar-refractivity contribution in [2.75, 3.05) is 40.8 Å². The van der Waals surface area contributed by atoms with Crippen LogP contribution in [0.4, 0.5) is 0 Å². The van der Waals surface area contributed by atoms with Gasteiger partial charge in [-0.25, -0.2) is 0 Å². The van der Waals surface area contributed by atoms with E-state index in [1.807, 2.05) is 0 Å². The maximum absolute atomic E-state index is 11.6. The number of nitrogens with zero attached hydrogens (tertiary/aromatic N) is 2. The topological polar surface area (TPSA) is 55.8 Å². The van der Waals surface area contributed by atoms with Crippen LogP contribution in [0.15, 0.2) is 0 Å². The van der Waals surface area contributed by atoms with E-state index >= 15 is 0 Å². The third-order valence-corrected chi connectivity index (χ3v) is 5.70. The molecule has 0 bridgehead atoms. The Morgan fingerprint density at radius 1 is 1.43 bits per heavy atom. The number of carboxylic acids is 1. The van der Waals surface area contributed by atoms with E-state index in [4.69, 9.17) is 0 Å². The van der Waals surface area contributed by atoms with Gasteiger partial charge in [0.1, 0.15) is 5.54 Å². The van der Waals surface area contributed by atoms with E-state index in [-0.39, 0.29) is 5.92 Å². The third-order valence-electron chi connectivity index (χ3n) is 5.70. The highest BCUT2D eigenvalue weighted by atomic mass is 16.4. The molecule has 0 spiro atoms. The van der Waals surface area contributed by atoms with E-state index in [2.05, 4.69) is 29.2 Å². The minimum atomic E-state index is -0.689. The maximum atomic E-state index is 11.6. The SMILES string of the molecule is CNC1(C(=O)O)CCCC1CCN(C)CC1CCCN1C. The molecule has 2 aliphatic rings. The summed E-state index contributed by atoms with van der Waals surface area (Å²) in [5, 5.41) is 12.7. The van der Waals surface area contributed by atoms with E-state index in [0.717, 1.165) is 38.8 Å². The van der Waals surface area contributed by atoms with Gasteiger partial charge >= 0.3 is 5.97 Å². The van der Waals surface area contributed by atoms with E-state index < -0.39 is 11.5 Å². The van der Waals surface area contributed by atoms with Crippen molar-refractivity contribution in [1.29, 1.82) is 0 Å². The normalized spacial score (nSPS) is 33.9. The minimum Gasteiger partial charge on any atom is -0.480 e. The predicted molar refractivity (Wildman–Crippen MR) is 84.5 cm³/mol. The van der Waals surface area contributed by atoms with E-state index in [0.29, 0.717) is 6.04 Å². The molecular weight excluding hydrogens is 266 g/mol. The molecule has 3 atom stereocenters. The average molecular weight is 297 g/mol. The maximum Gasteiger partial charge on any atom is 0.324 e. The van der Waals surface area contributed by atoms with Gasteiger partial charge in [0, 0.05) is 12.6 Å². The molecule has 5 nitrogen and oxygen atoms in total. The lowest BCUT2D eigenvalue weighted by atomic mass is 9.84. The second kappa shape index (κ2) is 7.07. The smallest absolute Gasteiger partial charge is 0.324 e. The summed E-state index contributed by atoms with van der Waals surface area (Å²) >= 11 is 0. The number of aliphatic carboxylic acids is 1. The third kappa shape index (κ3) is 3.58. The molecule has 122 valence electrons. The molecule has 0 aromatic carbocycles. The summed E-state index contributed by atoms with van der Waals surface area (Å²) in [6, 6.07) is 0.673. The van der Waals surface area contributed by atoms with Gasteiger partial charge in [-0.05, 0) is 72.3 Å². The zero-order valence-corrected chi connectivity index (χ0v) is 13.8. The number of likely N-dealkylation sites (tertiary alicyclic amines) is 1. The van der Waals surface area contributed by atoms with Crippen LogP contribution in [0.25, 0.3) is 0 Å². The van der Waals surface area contributed by atoms with Crippen molar-refractivity contribution < 1.29 is 9.90 Å². The summed E-state index contributed by atoms with van der Waals surface area (Å²) in [7, 11) is 6.17. The molecule has 0 aromatic rings. The summed E-state index contributed by atoms with van der Waals surface area (Å²) in [4.78, 5) is 16.5. The van der Waals surface area contributed by atoms with Gasteiger partial charge in [-0.3, -0.25) is 4.79 Å². The Balaban J connectivity index is 1.82. The molecule has 0 amide bonds. The highest BCUT2D eigenvalue weighted by Crippen LogP contribution is 2.38. The van der Waals surface area contributed by atoms with Gasteiger partial charge in [-0.1, -0.05) is 6.42 Å². The molecule has 2 fully saturated rings. The molecule has 1 aliphatic heterocycles. The second-order valence-electron chi connectivity index (χ2n) is 6.94. The summed E-state index contributed by atoms with van der Waals surface area (Å²) in [5.41, 5.74) is -0.689. The van der Waals surface area contributed by atoms with Gasteiger partial charge in [-0.15, -0.1) is 0 Å². The van der Waals surface area contributed by atoms with Crippen LogP contribution in [-0.2, 0) is 4.79 Å². The summed E-state index contributed by atoms with van der Waals surface area (Å²) in [6.07, 6.45) is 6.38. The quantitative estimate of drug-likeness (QED) is 0.740. The highest BCUT2D eigenvalue weighted by molar-refractivity contribution is 5.79. The Morgan fingerprint density at radius 3 is 2.76 bits per heavy atom. The molecular formula is C16H31N3O2. The van der Waals surface area contributed by atoms with Crippen LogP contribution in [0.1, 0.15) is 38.5 Å². The molecule has 5 heteroatoms. The van der Waals surface area contributed by atoms with Gasteiger partial charge in [0.05, 0.1) is 0 Å². The van der Waals surface area contributed by atoms with Gasteiger partial charge < -0.3 is 20.2 Å². The number of carbonyl (C=O) groups is 1. The molecule has 2 rings (SSSR count). The van der Waals surface area contributed by atoms with Crippen molar-refractivity contribution >= 4 is 5.97 Å². The number of likely N-dealkylation sites (N-methyl/N-ethyl adjacent to an activating group) is 3. The van der Waals surface area contributed by atoms with Crippen LogP contribution in [-0.4, -0.2) is 73.2 Å². The Bertz CT molecular complexity index is 363. The lowest BCUT2D eigenvalue weighted by Gasteiger charge is -2.33. The minimum absolute atomic E-state index is 0.253. The van der Waals surface area contributed by atoms with Crippen molar-refractivity contribution in [2.24, 2.45) is 5.92 Å². The first kappa shape index (κ1) is 16.7. The van der Waals surface area contributed by atoms with Gasteiger partial charge in [0.25, 0.3) is 0 Å². The monoisotopic (exact) mass is 297 g/mol. The van der Waals surface area contributed by atoms with Crippen molar-refractivity contribution in [3.63, 3.8) is 0 Å². The van der Waals surface area contributed by atoms with E-state index in [9.17, 15) is 9.90 Å². The first-order chi connectivity index (χ1) is 9.99. The fourth-order valence-electron chi connectivity index (χ4n) is 4.22. The van der Waals surface area contributed by atoms with E-state index in [1.165, 1.54) is 19.4 Å². The lowest BCUT2D eigenvalue weighted by Crippen LogP contribution is -2.53. The highest BCUT2D eigenvalue weighted by Gasteiger charge is 2.47. The van der Waals surface area contributed by atoms with E-state index in [1.54, 1.807) is 7.05 Å². The Labute approximate surface area is 128 Å².